The lowest BCUT2D eigenvalue weighted by Crippen LogP contribution is -2.17. The molecule has 2 aromatic heterocycles. The summed E-state index contributed by atoms with van der Waals surface area (Å²) in [6, 6.07) is 13.4. The number of aryl methyl sites for hydroxylation is 1. The normalized spacial score (nSPS) is 11.1. The summed E-state index contributed by atoms with van der Waals surface area (Å²) in [7, 11) is 1.23. The highest BCUT2D eigenvalue weighted by Gasteiger charge is 2.20. The average molecular weight is 334 g/mol. The Bertz CT molecular complexity index is 1170. The van der Waals surface area contributed by atoms with Gasteiger partial charge >= 0.3 is 11.6 Å². The summed E-state index contributed by atoms with van der Waals surface area (Å²) in [5, 5.41) is 1.55. The predicted octanol–water partition coefficient (Wildman–Crippen LogP) is 4.30. The van der Waals surface area contributed by atoms with Gasteiger partial charge in [0.1, 0.15) is 16.7 Å². The van der Waals surface area contributed by atoms with Crippen LogP contribution in [0.2, 0.25) is 0 Å². The third kappa shape index (κ3) is 2.32. The zero-order chi connectivity index (χ0) is 17.6. The first-order valence-corrected chi connectivity index (χ1v) is 7.72. The largest absolute Gasteiger partial charge is 0.465 e. The minimum atomic E-state index is -0.717. The maximum atomic E-state index is 12.1. The van der Waals surface area contributed by atoms with Crippen molar-refractivity contribution in [3.8, 4) is 11.1 Å². The molecule has 0 aliphatic heterocycles. The zero-order valence-corrected chi connectivity index (χ0v) is 13.7. The molecule has 124 valence electrons. The monoisotopic (exact) mass is 334 g/mol. The van der Waals surface area contributed by atoms with Crippen LogP contribution in [-0.2, 0) is 4.74 Å². The number of methoxy groups -OCH3 is 1. The van der Waals surface area contributed by atoms with Gasteiger partial charge in [0.2, 0.25) is 0 Å². The van der Waals surface area contributed by atoms with Crippen molar-refractivity contribution in [2.75, 3.05) is 7.11 Å². The molecule has 0 atom stereocenters. The summed E-state index contributed by atoms with van der Waals surface area (Å²) in [5.74, 6) is -0.705. The minimum Gasteiger partial charge on any atom is -0.465 e. The Morgan fingerprint density at radius 2 is 1.80 bits per heavy atom. The molecule has 5 nitrogen and oxygen atoms in total. The van der Waals surface area contributed by atoms with E-state index in [1.54, 1.807) is 19.3 Å². The molecular weight excluding hydrogens is 320 g/mol. The number of hydrogen-bond acceptors (Lipinski definition) is 5. The first-order valence-electron chi connectivity index (χ1n) is 7.72. The quantitative estimate of drug-likeness (QED) is 0.404. The van der Waals surface area contributed by atoms with E-state index in [-0.39, 0.29) is 5.56 Å². The molecule has 0 aliphatic carbocycles. The fourth-order valence-electron chi connectivity index (χ4n) is 3.05. The lowest BCUT2D eigenvalue weighted by atomic mass is 10.0. The van der Waals surface area contributed by atoms with Crippen LogP contribution in [0.25, 0.3) is 33.1 Å². The van der Waals surface area contributed by atoms with E-state index in [1.807, 2.05) is 36.4 Å². The van der Waals surface area contributed by atoms with Gasteiger partial charge in [0, 0.05) is 22.4 Å². The molecule has 4 aromatic rings. The third-order valence-electron chi connectivity index (χ3n) is 4.34. The molecule has 0 amide bonds. The van der Waals surface area contributed by atoms with Gasteiger partial charge in [0.25, 0.3) is 0 Å². The van der Waals surface area contributed by atoms with Crippen LogP contribution in [0.5, 0.6) is 0 Å². The van der Waals surface area contributed by atoms with Gasteiger partial charge in [0.05, 0.1) is 13.4 Å². The summed E-state index contributed by atoms with van der Waals surface area (Å²) in [6.45, 7) is 1.71. The summed E-state index contributed by atoms with van der Waals surface area (Å²) in [4.78, 5) is 24.0. The summed E-state index contributed by atoms with van der Waals surface area (Å²) in [6.07, 6.45) is 1.67. The van der Waals surface area contributed by atoms with Crippen molar-refractivity contribution in [1.82, 2.24) is 0 Å². The second-order valence-corrected chi connectivity index (χ2v) is 5.74. The van der Waals surface area contributed by atoms with Crippen LogP contribution in [0.4, 0.5) is 0 Å². The van der Waals surface area contributed by atoms with E-state index in [0.29, 0.717) is 22.1 Å². The van der Waals surface area contributed by atoms with Gasteiger partial charge in [-0.05, 0) is 24.1 Å². The van der Waals surface area contributed by atoms with Crippen LogP contribution in [-0.4, -0.2) is 13.1 Å². The molecule has 0 aliphatic rings. The maximum Gasteiger partial charge on any atom is 0.351 e. The summed E-state index contributed by atoms with van der Waals surface area (Å²) < 4.78 is 15.6. The van der Waals surface area contributed by atoms with Gasteiger partial charge in [-0.2, -0.15) is 0 Å². The fraction of sp³-hybridized carbons (Fsp3) is 0.100. The molecule has 0 radical (unpaired) electrons. The fourth-order valence-corrected chi connectivity index (χ4v) is 3.05. The van der Waals surface area contributed by atoms with Gasteiger partial charge < -0.3 is 13.6 Å². The number of esters is 1. The topological polar surface area (TPSA) is 69.7 Å². The molecule has 0 fully saturated rings. The number of hydrogen-bond donors (Lipinski definition) is 0. The lowest BCUT2D eigenvalue weighted by Gasteiger charge is -2.06. The Hall–Kier alpha value is -3.34. The number of rotatable bonds is 2. The molecule has 0 spiro atoms. The van der Waals surface area contributed by atoms with Crippen LogP contribution in [0.1, 0.15) is 15.9 Å². The van der Waals surface area contributed by atoms with Crippen molar-refractivity contribution in [3.63, 3.8) is 0 Å². The Balaban J connectivity index is 2.05. The van der Waals surface area contributed by atoms with Crippen molar-refractivity contribution in [2.45, 2.75) is 6.92 Å². The SMILES string of the molecule is COC(=O)c1c(C)c2cc3c(-c4ccccc4)coc3cc2oc1=O. The first-order chi connectivity index (χ1) is 12.1. The van der Waals surface area contributed by atoms with E-state index in [9.17, 15) is 9.59 Å². The Labute approximate surface area is 142 Å². The molecule has 5 heteroatoms. The molecular formula is C20H14O5. The number of ether oxygens (including phenoxy) is 1. The number of benzene rings is 2. The van der Waals surface area contributed by atoms with E-state index < -0.39 is 11.6 Å². The van der Waals surface area contributed by atoms with Crippen molar-refractivity contribution in [2.24, 2.45) is 0 Å². The van der Waals surface area contributed by atoms with E-state index in [1.165, 1.54) is 7.11 Å². The lowest BCUT2D eigenvalue weighted by molar-refractivity contribution is 0.0595. The molecule has 25 heavy (non-hydrogen) atoms. The van der Waals surface area contributed by atoms with E-state index >= 15 is 0 Å². The van der Waals surface area contributed by atoms with Gasteiger partial charge in [0.15, 0.2) is 0 Å². The van der Waals surface area contributed by atoms with Crippen LogP contribution in [0, 0.1) is 6.92 Å². The highest BCUT2D eigenvalue weighted by atomic mass is 16.5. The van der Waals surface area contributed by atoms with Crippen molar-refractivity contribution < 1.29 is 18.4 Å². The highest BCUT2D eigenvalue weighted by molar-refractivity contribution is 6.04. The third-order valence-corrected chi connectivity index (χ3v) is 4.34. The zero-order valence-electron chi connectivity index (χ0n) is 13.7. The Morgan fingerprint density at radius 3 is 2.52 bits per heavy atom. The first kappa shape index (κ1) is 15.2. The van der Waals surface area contributed by atoms with Crippen molar-refractivity contribution in [1.29, 1.82) is 0 Å². The predicted molar refractivity (Wildman–Crippen MR) is 93.8 cm³/mol. The van der Waals surface area contributed by atoms with Gasteiger partial charge in [-0.3, -0.25) is 0 Å². The summed E-state index contributed by atoms with van der Waals surface area (Å²) >= 11 is 0. The van der Waals surface area contributed by atoms with Crippen LogP contribution >= 0.6 is 0 Å². The molecule has 4 rings (SSSR count). The number of furan rings is 1. The molecule has 0 N–H and O–H groups in total. The Kier molecular flexibility index (Phi) is 3.42. The van der Waals surface area contributed by atoms with Crippen LogP contribution < -0.4 is 5.63 Å². The van der Waals surface area contributed by atoms with Gasteiger partial charge in [-0.25, -0.2) is 9.59 Å². The Morgan fingerprint density at radius 1 is 1.04 bits per heavy atom. The number of carbonyl (C=O) groups excluding carboxylic acids is 1. The van der Waals surface area contributed by atoms with E-state index in [4.69, 9.17) is 13.6 Å². The molecule has 0 saturated heterocycles. The van der Waals surface area contributed by atoms with Crippen LogP contribution in [0.15, 0.2) is 62.4 Å². The number of carbonyl (C=O) groups is 1. The minimum absolute atomic E-state index is 0.0842. The van der Waals surface area contributed by atoms with E-state index in [2.05, 4.69) is 0 Å². The molecule has 0 unspecified atom stereocenters. The maximum absolute atomic E-state index is 12.1. The second kappa shape index (κ2) is 5.63. The smallest absolute Gasteiger partial charge is 0.351 e. The van der Waals surface area contributed by atoms with E-state index in [0.717, 1.165) is 16.5 Å². The van der Waals surface area contributed by atoms with Gasteiger partial charge in [-0.1, -0.05) is 30.3 Å². The highest BCUT2D eigenvalue weighted by Crippen LogP contribution is 2.34. The van der Waals surface area contributed by atoms with Crippen molar-refractivity contribution in [3.05, 3.63) is 70.3 Å². The molecule has 2 aromatic carbocycles. The number of fused-ring (bicyclic) bond motifs is 2. The second-order valence-electron chi connectivity index (χ2n) is 5.74. The molecule has 0 saturated carbocycles. The summed E-state index contributed by atoms with van der Waals surface area (Å²) in [5.41, 5.74) is 2.66. The average Bonchev–Trinajstić information content (AvgIpc) is 3.03. The van der Waals surface area contributed by atoms with Gasteiger partial charge in [-0.15, -0.1) is 0 Å². The van der Waals surface area contributed by atoms with Crippen LogP contribution in [0.3, 0.4) is 0 Å². The molecule has 2 heterocycles. The molecule has 0 bridgehead atoms. The van der Waals surface area contributed by atoms with Crippen molar-refractivity contribution >= 4 is 27.9 Å². The standard InChI is InChI=1S/C20H14O5/c1-11-13-8-14-15(12-6-4-3-5-7-12)10-24-16(14)9-17(13)25-20(22)18(11)19(21)23-2/h3-10H,1-2H3.